The molecule has 0 saturated heterocycles. The first-order valence-corrected chi connectivity index (χ1v) is 10.6. The van der Waals surface area contributed by atoms with E-state index in [2.05, 4.69) is 42.9 Å². The second-order valence-electron chi connectivity index (χ2n) is 7.45. The molecule has 0 fully saturated rings. The van der Waals surface area contributed by atoms with Crippen LogP contribution in [-0.4, -0.2) is 33.9 Å². The Bertz CT molecular complexity index is 947. The summed E-state index contributed by atoms with van der Waals surface area (Å²) in [5.41, 5.74) is 6.71. The third-order valence-electron chi connectivity index (χ3n) is 4.83. The van der Waals surface area contributed by atoms with E-state index in [0.29, 0.717) is 5.92 Å². The zero-order valence-corrected chi connectivity index (χ0v) is 18.0. The number of thiophene rings is 1. The van der Waals surface area contributed by atoms with Crippen molar-refractivity contribution < 1.29 is 4.79 Å². The second-order valence-corrected chi connectivity index (χ2v) is 8.50. The van der Waals surface area contributed by atoms with E-state index in [1.165, 1.54) is 15.8 Å². The molecule has 0 spiro atoms. The predicted octanol–water partition coefficient (Wildman–Crippen LogP) is 5.90. The first kappa shape index (κ1) is 19.6. The molecule has 0 radical (unpaired) electrons. The number of rotatable bonds is 6. The molecular weight excluding hydrogens is 354 g/mol. The van der Waals surface area contributed by atoms with Crippen molar-refractivity contribution in [2.45, 2.75) is 53.9 Å². The number of hydrogen-bond acceptors (Lipinski definition) is 3. The van der Waals surface area contributed by atoms with Crippen LogP contribution in [0.2, 0.25) is 0 Å². The molecule has 0 aliphatic rings. The van der Waals surface area contributed by atoms with E-state index < -0.39 is 0 Å². The van der Waals surface area contributed by atoms with Gasteiger partial charge in [-0.25, -0.2) is 0 Å². The highest BCUT2D eigenvalue weighted by Gasteiger charge is 2.22. The number of hydrogen-bond donors (Lipinski definition) is 1. The highest BCUT2D eigenvalue weighted by molar-refractivity contribution is 7.21. The predicted molar refractivity (Wildman–Crippen MR) is 115 cm³/mol. The lowest BCUT2D eigenvalue weighted by molar-refractivity contribution is 0.0769. The van der Waals surface area contributed by atoms with Crippen LogP contribution in [0, 0.1) is 13.8 Å². The van der Waals surface area contributed by atoms with Crippen molar-refractivity contribution in [1.82, 2.24) is 14.9 Å². The van der Waals surface area contributed by atoms with Gasteiger partial charge in [0.25, 0.3) is 5.91 Å². The van der Waals surface area contributed by atoms with Crippen molar-refractivity contribution in [2.75, 3.05) is 13.1 Å². The van der Waals surface area contributed by atoms with Crippen molar-refractivity contribution in [2.24, 2.45) is 0 Å². The van der Waals surface area contributed by atoms with E-state index in [1.807, 2.05) is 31.7 Å². The van der Waals surface area contributed by atoms with Crippen molar-refractivity contribution in [1.29, 1.82) is 0 Å². The number of aromatic nitrogens is 2. The average Bonchev–Trinajstić information content (AvgIpc) is 3.15. The summed E-state index contributed by atoms with van der Waals surface area (Å²) in [6.07, 6.45) is 0.977. The summed E-state index contributed by atoms with van der Waals surface area (Å²) in [5, 5.41) is 0. The molecule has 0 saturated carbocycles. The van der Waals surface area contributed by atoms with Crippen molar-refractivity contribution in [3.8, 4) is 11.3 Å². The number of aryl methyl sites for hydroxylation is 2. The monoisotopic (exact) mass is 383 g/mol. The van der Waals surface area contributed by atoms with Gasteiger partial charge in [-0.3, -0.25) is 9.78 Å². The summed E-state index contributed by atoms with van der Waals surface area (Å²) in [6, 6.07) is 6.28. The van der Waals surface area contributed by atoms with Crippen LogP contribution < -0.4 is 0 Å². The summed E-state index contributed by atoms with van der Waals surface area (Å²) in [5.74, 6) is 0.503. The number of nitrogens with zero attached hydrogens (tertiary/aromatic N) is 2. The minimum absolute atomic E-state index is 0.140. The summed E-state index contributed by atoms with van der Waals surface area (Å²) < 4.78 is 1.20. The smallest absolute Gasteiger partial charge is 0.264 e. The number of pyridine rings is 1. The van der Waals surface area contributed by atoms with Gasteiger partial charge < -0.3 is 9.88 Å². The van der Waals surface area contributed by atoms with Crippen molar-refractivity contribution >= 4 is 27.5 Å². The largest absolute Gasteiger partial charge is 0.354 e. The molecule has 27 heavy (non-hydrogen) atoms. The minimum Gasteiger partial charge on any atom is -0.354 e. The highest BCUT2D eigenvalue weighted by Crippen LogP contribution is 2.40. The van der Waals surface area contributed by atoms with Gasteiger partial charge in [0.05, 0.1) is 20.8 Å². The molecule has 0 aliphatic carbocycles. The SMILES string of the molecule is CCCN(CC)C(=O)c1cc2[nH]c(-c3cc(C)nc(C)c3)c(C(C)C)c2s1. The molecule has 3 heterocycles. The van der Waals surface area contributed by atoms with Crippen LogP contribution in [0.25, 0.3) is 21.5 Å². The normalized spacial score (nSPS) is 11.5. The van der Waals surface area contributed by atoms with E-state index in [-0.39, 0.29) is 5.91 Å². The number of nitrogens with one attached hydrogen (secondary N) is 1. The number of carbonyl (C=O) groups excluding carboxylic acids is 1. The minimum atomic E-state index is 0.140. The zero-order valence-electron chi connectivity index (χ0n) is 17.1. The fourth-order valence-electron chi connectivity index (χ4n) is 3.69. The molecule has 0 aliphatic heterocycles. The Morgan fingerprint density at radius 3 is 2.41 bits per heavy atom. The van der Waals surface area contributed by atoms with Crippen LogP contribution in [0.1, 0.15) is 66.7 Å². The molecule has 0 bridgehead atoms. The number of aromatic amines is 1. The lowest BCUT2D eigenvalue weighted by atomic mass is 9.99. The zero-order chi connectivity index (χ0) is 19.7. The van der Waals surface area contributed by atoms with Gasteiger partial charge in [0.15, 0.2) is 0 Å². The van der Waals surface area contributed by atoms with Crippen molar-refractivity contribution in [3.05, 3.63) is 40.0 Å². The molecule has 144 valence electrons. The number of H-pyrrole nitrogens is 1. The maximum absolute atomic E-state index is 12.9. The first-order chi connectivity index (χ1) is 12.8. The van der Waals surface area contributed by atoms with Crippen LogP contribution in [0.4, 0.5) is 0 Å². The second kappa shape index (κ2) is 7.85. The maximum Gasteiger partial charge on any atom is 0.264 e. The Balaban J connectivity index is 2.10. The summed E-state index contributed by atoms with van der Waals surface area (Å²) >= 11 is 1.62. The molecule has 5 heteroatoms. The van der Waals surface area contributed by atoms with Gasteiger partial charge in [-0.1, -0.05) is 20.8 Å². The lowest BCUT2D eigenvalue weighted by Crippen LogP contribution is -2.30. The van der Waals surface area contributed by atoms with E-state index in [0.717, 1.165) is 47.0 Å². The van der Waals surface area contributed by atoms with E-state index in [1.54, 1.807) is 11.3 Å². The van der Waals surface area contributed by atoms with Gasteiger partial charge in [-0.15, -0.1) is 11.3 Å². The van der Waals surface area contributed by atoms with Gasteiger partial charge in [0, 0.05) is 30.0 Å². The number of amides is 1. The van der Waals surface area contributed by atoms with Gasteiger partial charge in [0.2, 0.25) is 0 Å². The van der Waals surface area contributed by atoms with E-state index >= 15 is 0 Å². The lowest BCUT2D eigenvalue weighted by Gasteiger charge is -2.18. The Morgan fingerprint density at radius 2 is 1.85 bits per heavy atom. The fourth-order valence-corrected chi connectivity index (χ4v) is 4.97. The third kappa shape index (κ3) is 3.79. The van der Waals surface area contributed by atoms with Crippen LogP contribution in [0.3, 0.4) is 0 Å². The van der Waals surface area contributed by atoms with Crippen LogP contribution in [0.15, 0.2) is 18.2 Å². The van der Waals surface area contributed by atoms with Gasteiger partial charge in [-0.2, -0.15) is 0 Å². The van der Waals surface area contributed by atoms with Gasteiger partial charge >= 0.3 is 0 Å². The first-order valence-electron chi connectivity index (χ1n) is 9.76. The fraction of sp³-hybridized carbons (Fsp3) is 0.455. The van der Waals surface area contributed by atoms with Crippen molar-refractivity contribution in [3.63, 3.8) is 0 Å². The van der Waals surface area contributed by atoms with Crippen LogP contribution >= 0.6 is 11.3 Å². The summed E-state index contributed by atoms with van der Waals surface area (Å²) in [7, 11) is 0. The highest BCUT2D eigenvalue weighted by atomic mass is 32.1. The molecule has 1 N–H and O–H groups in total. The molecule has 3 aromatic heterocycles. The molecule has 4 nitrogen and oxygen atoms in total. The Labute approximate surface area is 165 Å². The van der Waals surface area contributed by atoms with E-state index in [4.69, 9.17) is 0 Å². The Morgan fingerprint density at radius 1 is 1.19 bits per heavy atom. The Kier molecular flexibility index (Phi) is 5.70. The number of fused-ring (bicyclic) bond motifs is 1. The number of carbonyl (C=O) groups is 1. The summed E-state index contributed by atoms with van der Waals surface area (Å²) in [4.78, 5) is 23.7. The molecule has 3 aromatic rings. The molecule has 1 amide bonds. The Hall–Kier alpha value is -2.14. The molecular formula is C22H29N3OS. The summed E-state index contributed by atoms with van der Waals surface area (Å²) in [6.45, 7) is 14.2. The standard InChI is InChI=1S/C22H29N3OS/c1-7-9-25(8-2)22(26)18-12-17-21(27-18)19(13(3)4)20(24-17)16-10-14(5)23-15(6)11-16/h10-13,24H,7-9H2,1-6H3. The van der Waals surface area contributed by atoms with Gasteiger partial charge in [-0.05, 0) is 56.9 Å². The maximum atomic E-state index is 12.9. The topological polar surface area (TPSA) is 49.0 Å². The average molecular weight is 384 g/mol. The van der Waals surface area contributed by atoms with E-state index in [9.17, 15) is 4.79 Å². The third-order valence-corrected chi connectivity index (χ3v) is 5.98. The van der Waals surface area contributed by atoms with Crippen LogP contribution in [-0.2, 0) is 0 Å². The molecule has 0 unspecified atom stereocenters. The van der Waals surface area contributed by atoms with Crippen LogP contribution in [0.5, 0.6) is 0 Å². The molecule has 3 rings (SSSR count). The molecule has 0 aromatic carbocycles. The quantitative estimate of drug-likeness (QED) is 0.576. The molecule has 0 atom stereocenters. The van der Waals surface area contributed by atoms with Gasteiger partial charge in [0.1, 0.15) is 0 Å².